The molecular formula is C12H14N2O3. The number of aromatic nitrogens is 1. The first kappa shape index (κ1) is 11.5. The summed E-state index contributed by atoms with van der Waals surface area (Å²) in [5.41, 5.74) is 6.29. The number of rotatable bonds is 4. The van der Waals surface area contributed by atoms with Crippen LogP contribution in [0.5, 0.6) is 11.5 Å². The van der Waals surface area contributed by atoms with E-state index in [0.717, 1.165) is 5.56 Å². The molecule has 1 aromatic carbocycles. The number of hydrogen-bond acceptors (Lipinski definition) is 5. The van der Waals surface area contributed by atoms with Crippen molar-refractivity contribution in [1.29, 1.82) is 0 Å². The van der Waals surface area contributed by atoms with Crippen molar-refractivity contribution in [3.05, 3.63) is 30.3 Å². The molecule has 0 atom stereocenters. The lowest BCUT2D eigenvalue weighted by Gasteiger charge is -2.06. The average Bonchev–Trinajstić information content (AvgIpc) is 2.86. The molecule has 0 aliphatic rings. The Morgan fingerprint density at radius 2 is 1.82 bits per heavy atom. The summed E-state index contributed by atoms with van der Waals surface area (Å²) in [7, 11) is 3.20. The van der Waals surface area contributed by atoms with Gasteiger partial charge in [-0.25, -0.2) is 4.98 Å². The van der Waals surface area contributed by atoms with E-state index in [0.29, 0.717) is 23.1 Å². The lowest BCUT2D eigenvalue weighted by Crippen LogP contribution is -1.94. The predicted molar refractivity (Wildman–Crippen MR) is 62.9 cm³/mol. The maximum absolute atomic E-state index is 5.47. The third-order valence-electron chi connectivity index (χ3n) is 2.36. The van der Waals surface area contributed by atoms with Crippen LogP contribution in [0.3, 0.4) is 0 Å². The zero-order valence-electron chi connectivity index (χ0n) is 9.77. The van der Waals surface area contributed by atoms with Crippen molar-refractivity contribution in [2.45, 2.75) is 6.54 Å². The second-order valence-corrected chi connectivity index (χ2v) is 3.42. The van der Waals surface area contributed by atoms with Gasteiger partial charge in [-0.1, -0.05) is 0 Å². The number of nitrogens with zero attached hydrogens (tertiary/aromatic N) is 1. The molecule has 2 rings (SSSR count). The Morgan fingerprint density at radius 3 is 2.29 bits per heavy atom. The first-order chi connectivity index (χ1) is 8.26. The number of nitrogens with two attached hydrogens (primary N) is 1. The first-order valence-electron chi connectivity index (χ1n) is 5.15. The van der Waals surface area contributed by atoms with Gasteiger partial charge in [0.15, 0.2) is 5.76 Å². The maximum atomic E-state index is 5.47. The van der Waals surface area contributed by atoms with Gasteiger partial charge < -0.3 is 19.6 Å². The van der Waals surface area contributed by atoms with Gasteiger partial charge in [0.25, 0.3) is 0 Å². The third-order valence-corrected chi connectivity index (χ3v) is 2.36. The van der Waals surface area contributed by atoms with E-state index in [9.17, 15) is 0 Å². The molecule has 0 fully saturated rings. The van der Waals surface area contributed by atoms with Crippen LogP contribution in [0.15, 0.2) is 28.8 Å². The highest BCUT2D eigenvalue weighted by atomic mass is 16.5. The molecule has 0 saturated heterocycles. The van der Waals surface area contributed by atoms with Crippen LogP contribution in [-0.2, 0) is 6.54 Å². The molecule has 1 aromatic heterocycles. The Hall–Kier alpha value is -2.01. The molecular weight excluding hydrogens is 220 g/mol. The minimum absolute atomic E-state index is 0.279. The van der Waals surface area contributed by atoms with E-state index in [1.54, 1.807) is 26.5 Å². The fraction of sp³-hybridized carbons (Fsp3) is 0.250. The minimum atomic E-state index is 0.279. The van der Waals surface area contributed by atoms with Crippen LogP contribution in [0.25, 0.3) is 11.3 Å². The molecule has 2 aromatic rings. The Morgan fingerprint density at radius 1 is 1.18 bits per heavy atom. The van der Waals surface area contributed by atoms with Crippen LogP contribution < -0.4 is 15.2 Å². The summed E-state index contributed by atoms with van der Waals surface area (Å²) in [4.78, 5) is 4.05. The van der Waals surface area contributed by atoms with E-state index in [1.165, 1.54) is 0 Å². The third kappa shape index (κ3) is 2.39. The fourth-order valence-electron chi connectivity index (χ4n) is 1.49. The fourth-order valence-corrected chi connectivity index (χ4v) is 1.49. The highest BCUT2D eigenvalue weighted by molar-refractivity contribution is 5.61. The highest BCUT2D eigenvalue weighted by Gasteiger charge is 2.08. The van der Waals surface area contributed by atoms with Crippen molar-refractivity contribution in [3.63, 3.8) is 0 Å². The van der Waals surface area contributed by atoms with Crippen molar-refractivity contribution in [2.75, 3.05) is 14.2 Å². The number of benzene rings is 1. The van der Waals surface area contributed by atoms with Gasteiger partial charge in [-0.15, -0.1) is 0 Å². The summed E-state index contributed by atoms with van der Waals surface area (Å²) in [5.74, 6) is 2.54. The molecule has 0 aliphatic heterocycles. The molecule has 0 saturated carbocycles. The number of ether oxygens (including phenoxy) is 2. The molecule has 90 valence electrons. The molecule has 17 heavy (non-hydrogen) atoms. The van der Waals surface area contributed by atoms with Crippen molar-refractivity contribution >= 4 is 0 Å². The molecule has 5 heteroatoms. The van der Waals surface area contributed by atoms with E-state index in [2.05, 4.69) is 4.98 Å². The Bertz CT molecular complexity index is 486. The molecule has 0 bridgehead atoms. The summed E-state index contributed by atoms with van der Waals surface area (Å²) in [6, 6.07) is 5.50. The predicted octanol–water partition coefficient (Wildman–Crippen LogP) is 1.82. The number of methoxy groups -OCH3 is 2. The number of hydrogen-bond donors (Lipinski definition) is 1. The maximum Gasteiger partial charge on any atom is 0.208 e. The lowest BCUT2D eigenvalue weighted by molar-refractivity contribution is 0.394. The van der Waals surface area contributed by atoms with Gasteiger partial charge in [0, 0.05) is 11.6 Å². The lowest BCUT2D eigenvalue weighted by atomic mass is 10.1. The summed E-state index contributed by atoms with van der Waals surface area (Å²) >= 11 is 0. The quantitative estimate of drug-likeness (QED) is 0.873. The summed E-state index contributed by atoms with van der Waals surface area (Å²) in [6.07, 6.45) is 1.64. The van der Waals surface area contributed by atoms with Gasteiger partial charge in [-0.05, 0) is 12.1 Å². The topological polar surface area (TPSA) is 70.5 Å². The second-order valence-electron chi connectivity index (χ2n) is 3.42. The summed E-state index contributed by atoms with van der Waals surface area (Å²) < 4.78 is 15.8. The molecule has 0 spiro atoms. The SMILES string of the molecule is COc1cc(OC)cc(-c2cnc(CN)o2)c1. The van der Waals surface area contributed by atoms with Crippen LogP contribution >= 0.6 is 0 Å². The summed E-state index contributed by atoms with van der Waals surface area (Å²) in [6.45, 7) is 0.279. The van der Waals surface area contributed by atoms with Crippen molar-refractivity contribution < 1.29 is 13.9 Å². The van der Waals surface area contributed by atoms with E-state index in [4.69, 9.17) is 19.6 Å². The molecule has 2 N–H and O–H groups in total. The molecule has 1 heterocycles. The van der Waals surface area contributed by atoms with Crippen molar-refractivity contribution in [3.8, 4) is 22.8 Å². The Balaban J connectivity index is 2.43. The van der Waals surface area contributed by atoms with Crippen LogP contribution in [0.4, 0.5) is 0 Å². The van der Waals surface area contributed by atoms with Crippen molar-refractivity contribution in [2.24, 2.45) is 5.73 Å². The van der Waals surface area contributed by atoms with Gasteiger partial charge in [-0.3, -0.25) is 0 Å². The van der Waals surface area contributed by atoms with Crippen LogP contribution in [0, 0.1) is 0 Å². The van der Waals surface area contributed by atoms with Crippen LogP contribution in [0.1, 0.15) is 5.89 Å². The molecule has 0 aliphatic carbocycles. The molecule has 0 amide bonds. The minimum Gasteiger partial charge on any atom is -0.497 e. The second kappa shape index (κ2) is 4.88. The summed E-state index contributed by atoms with van der Waals surface area (Å²) in [5, 5.41) is 0. The zero-order valence-corrected chi connectivity index (χ0v) is 9.77. The standard InChI is InChI=1S/C12H14N2O3/c1-15-9-3-8(4-10(5-9)16-2)11-7-14-12(6-13)17-11/h3-5,7H,6,13H2,1-2H3. The normalized spacial score (nSPS) is 10.3. The average molecular weight is 234 g/mol. The molecule has 0 radical (unpaired) electrons. The zero-order chi connectivity index (χ0) is 12.3. The van der Waals surface area contributed by atoms with E-state index in [1.807, 2.05) is 12.1 Å². The van der Waals surface area contributed by atoms with Crippen LogP contribution in [0.2, 0.25) is 0 Å². The Labute approximate surface area is 99.2 Å². The van der Waals surface area contributed by atoms with E-state index in [-0.39, 0.29) is 6.54 Å². The molecule has 5 nitrogen and oxygen atoms in total. The monoisotopic (exact) mass is 234 g/mol. The first-order valence-corrected chi connectivity index (χ1v) is 5.15. The van der Waals surface area contributed by atoms with Crippen LogP contribution in [-0.4, -0.2) is 19.2 Å². The number of oxazole rings is 1. The Kier molecular flexibility index (Phi) is 3.30. The van der Waals surface area contributed by atoms with Gasteiger partial charge in [0.1, 0.15) is 11.5 Å². The molecule has 0 unspecified atom stereocenters. The van der Waals surface area contributed by atoms with Crippen molar-refractivity contribution in [1.82, 2.24) is 4.98 Å². The van der Waals surface area contributed by atoms with Gasteiger partial charge >= 0.3 is 0 Å². The smallest absolute Gasteiger partial charge is 0.208 e. The highest BCUT2D eigenvalue weighted by Crippen LogP contribution is 2.29. The van der Waals surface area contributed by atoms with Gasteiger partial charge in [0.2, 0.25) is 5.89 Å². The van der Waals surface area contributed by atoms with Gasteiger partial charge in [0.05, 0.1) is 27.0 Å². The van der Waals surface area contributed by atoms with Gasteiger partial charge in [-0.2, -0.15) is 0 Å². The van der Waals surface area contributed by atoms with E-state index < -0.39 is 0 Å². The largest absolute Gasteiger partial charge is 0.497 e. The van der Waals surface area contributed by atoms with E-state index >= 15 is 0 Å².